The van der Waals surface area contributed by atoms with E-state index < -0.39 is 30.3 Å². The highest BCUT2D eigenvalue weighted by Gasteiger charge is 2.23. The zero-order valence-corrected chi connectivity index (χ0v) is 9.87. The zero-order valence-electron chi connectivity index (χ0n) is 9.87. The first-order valence-electron chi connectivity index (χ1n) is 5.41. The van der Waals surface area contributed by atoms with Crippen molar-refractivity contribution in [1.82, 2.24) is 5.32 Å². The first-order valence-corrected chi connectivity index (χ1v) is 5.41. The van der Waals surface area contributed by atoms with Crippen molar-refractivity contribution in [1.29, 1.82) is 0 Å². The predicted octanol–water partition coefficient (Wildman–Crippen LogP) is -0.0212. The molecule has 0 saturated carbocycles. The summed E-state index contributed by atoms with van der Waals surface area (Å²) in [6.45, 7) is 0. The van der Waals surface area contributed by atoms with Crippen LogP contribution in [0.1, 0.15) is 12.0 Å². The van der Waals surface area contributed by atoms with Crippen molar-refractivity contribution in [3.8, 4) is 5.75 Å². The second-order valence-corrected chi connectivity index (χ2v) is 3.86. The molecule has 0 fully saturated rings. The quantitative estimate of drug-likeness (QED) is 0.574. The molecule has 0 heterocycles. The fraction of sp³-hybridized carbons (Fsp3) is 0.250. The van der Waals surface area contributed by atoms with Gasteiger partial charge in [0.25, 0.3) is 0 Å². The SMILES string of the molecule is O=C(O)C[C@@H](NC(=O)Cc1ccccc1O)C(=O)O. The summed E-state index contributed by atoms with van der Waals surface area (Å²) in [6, 6.07) is 4.63. The summed E-state index contributed by atoms with van der Waals surface area (Å²) in [5.74, 6) is -3.50. The maximum absolute atomic E-state index is 11.6. The van der Waals surface area contributed by atoms with Crippen molar-refractivity contribution in [3.63, 3.8) is 0 Å². The van der Waals surface area contributed by atoms with Gasteiger partial charge in [-0.3, -0.25) is 9.59 Å². The van der Waals surface area contributed by atoms with Crippen LogP contribution in [0, 0.1) is 0 Å². The minimum atomic E-state index is -1.49. The number of carboxylic acid groups (broad SMARTS) is 2. The van der Waals surface area contributed by atoms with Crippen LogP contribution in [-0.2, 0) is 20.8 Å². The molecule has 0 aliphatic rings. The molecule has 1 rings (SSSR count). The molecule has 0 aliphatic carbocycles. The Morgan fingerprint density at radius 1 is 1.16 bits per heavy atom. The molecule has 19 heavy (non-hydrogen) atoms. The van der Waals surface area contributed by atoms with Gasteiger partial charge in [0.2, 0.25) is 5.91 Å². The van der Waals surface area contributed by atoms with Crippen molar-refractivity contribution in [2.24, 2.45) is 0 Å². The summed E-state index contributed by atoms with van der Waals surface area (Å²) in [5, 5.41) is 28.8. The van der Waals surface area contributed by atoms with Crippen molar-refractivity contribution < 1.29 is 29.7 Å². The molecule has 1 atom stereocenters. The maximum atomic E-state index is 11.6. The highest BCUT2D eigenvalue weighted by molar-refractivity contribution is 5.87. The lowest BCUT2D eigenvalue weighted by atomic mass is 10.1. The first-order chi connectivity index (χ1) is 8.90. The zero-order chi connectivity index (χ0) is 14.4. The lowest BCUT2D eigenvalue weighted by Gasteiger charge is -2.12. The second-order valence-electron chi connectivity index (χ2n) is 3.86. The number of carboxylic acids is 2. The van der Waals surface area contributed by atoms with Gasteiger partial charge < -0.3 is 20.6 Å². The van der Waals surface area contributed by atoms with E-state index in [4.69, 9.17) is 10.2 Å². The highest BCUT2D eigenvalue weighted by Crippen LogP contribution is 2.15. The molecule has 0 radical (unpaired) electrons. The highest BCUT2D eigenvalue weighted by atomic mass is 16.4. The van der Waals surface area contributed by atoms with Crippen LogP contribution in [0.4, 0.5) is 0 Å². The third kappa shape index (κ3) is 4.66. The number of para-hydroxylation sites is 1. The Balaban J connectivity index is 2.65. The van der Waals surface area contributed by atoms with Gasteiger partial charge in [0.05, 0.1) is 12.8 Å². The average molecular weight is 267 g/mol. The number of rotatable bonds is 6. The Morgan fingerprint density at radius 2 is 1.79 bits per heavy atom. The minimum absolute atomic E-state index is 0.0808. The van der Waals surface area contributed by atoms with Gasteiger partial charge in [-0.05, 0) is 6.07 Å². The summed E-state index contributed by atoms with van der Waals surface area (Å²) in [7, 11) is 0. The van der Waals surface area contributed by atoms with Crippen LogP contribution in [0.3, 0.4) is 0 Å². The van der Waals surface area contributed by atoms with Gasteiger partial charge in [0.1, 0.15) is 11.8 Å². The molecule has 0 aliphatic heterocycles. The summed E-state index contributed by atoms with van der Waals surface area (Å²) < 4.78 is 0. The Hall–Kier alpha value is -2.57. The van der Waals surface area contributed by atoms with Crippen LogP contribution in [0.15, 0.2) is 24.3 Å². The molecule has 1 amide bonds. The number of phenols is 1. The van der Waals surface area contributed by atoms with E-state index in [1.54, 1.807) is 12.1 Å². The third-order valence-electron chi connectivity index (χ3n) is 2.35. The Bertz CT molecular complexity index is 499. The molecule has 4 N–H and O–H groups in total. The molecule has 7 nitrogen and oxygen atoms in total. The molecule has 0 unspecified atom stereocenters. The van der Waals surface area contributed by atoms with E-state index in [-0.39, 0.29) is 12.2 Å². The van der Waals surface area contributed by atoms with E-state index in [0.29, 0.717) is 5.56 Å². The number of amides is 1. The fourth-order valence-corrected chi connectivity index (χ4v) is 1.45. The number of hydrogen-bond donors (Lipinski definition) is 4. The monoisotopic (exact) mass is 267 g/mol. The number of aromatic hydroxyl groups is 1. The summed E-state index contributed by atoms with van der Waals surface area (Å²) >= 11 is 0. The summed E-state index contributed by atoms with van der Waals surface area (Å²) in [4.78, 5) is 32.8. The third-order valence-corrected chi connectivity index (χ3v) is 2.35. The molecule has 0 saturated heterocycles. The maximum Gasteiger partial charge on any atom is 0.326 e. The first kappa shape index (κ1) is 14.5. The fourth-order valence-electron chi connectivity index (χ4n) is 1.45. The van der Waals surface area contributed by atoms with E-state index in [1.165, 1.54) is 12.1 Å². The molecule has 1 aromatic carbocycles. The number of carbonyl (C=O) groups excluding carboxylic acids is 1. The number of carbonyl (C=O) groups is 3. The van der Waals surface area contributed by atoms with E-state index in [9.17, 15) is 19.5 Å². The van der Waals surface area contributed by atoms with Gasteiger partial charge in [0, 0.05) is 5.56 Å². The van der Waals surface area contributed by atoms with Crippen LogP contribution in [-0.4, -0.2) is 39.2 Å². The molecule has 0 spiro atoms. The molecular formula is C12H13NO6. The number of aliphatic carboxylic acids is 2. The van der Waals surface area contributed by atoms with Crippen LogP contribution in [0.5, 0.6) is 5.75 Å². The van der Waals surface area contributed by atoms with Gasteiger partial charge in [-0.1, -0.05) is 18.2 Å². The minimum Gasteiger partial charge on any atom is -0.508 e. The van der Waals surface area contributed by atoms with Crippen LogP contribution in [0.2, 0.25) is 0 Å². The van der Waals surface area contributed by atoms with Gasteiger partial charge in [0.15, 0.2) is 0 Å². The molecular weight excluding hydrogens is 254 g/mol. The van der Waals surface area contributed by atoms with Crippen LogP contribution < -0.4 is 5.32 Å². The van der Waals surface area contributed by atoms with E-state index in [2.05, 4.69) is 5.32 Å². The number of nitrogens with one attached hydrogen (secondary N) is 1. The lowest BCUT2D eigenvalue weighted by Crippen LogP contribution is -2.42. The predicted molar refractivity (Wildman–Crippen MR) is 63.6 cm³/mol. The van der Waals surface area contributed by atoms with E-state index in [0.717, 1.165) is 0 Å². The molecule has 7 heteroatoms. The van der Waals surface area contributed by atoms with Crippen molar-refractivity contribution in [3.05, 3.63) is 29.8 Å². The number of phenolic OH excluding ortho intramolecular Hbond substituents is 1. The number of hydrogen-bond acceptors (Lipinski definition) is 4. The topological polar surface area (TPSA) is 124 Å². The van der Waals surface area contributed by atoms with E-state index in [1.807, 2.05) is 0 Å². The smallest absolute Gasteiger partial charge is 0.326 e. The van der Waals surface area contributed by atoms with Gasteiger partial charge in [-0.15, -0.1) is 0 Å². The molecule has 1 aromatic rings. The molecule has 102 valence electrons. The largest absolute Gasteiger partial charge is 0.508 e. The van der Waals surface area contributed by atoms with Crippen LogP contribution in [0.25, 0.3) is 0 Å². The Kier molecular flexibility index (Phi) is 4.87. The average Bonchev–Trinajstić information content (AvgIpc) is 2.30. The van der Waals surface area contributed by atoms with Gasteiger partial charge >= 0.3 is 11.9 Å². The summed E-state index contributed by atoms with van der Waals surface area (Å²) in [5.41, 5.74) is 0.333. The van der Waals surface area contributed by atoms with Crippen molar-refractivity contribution in [2.75, 3.05) is 0 Å². The second kappa shape index (κ2) is 6.39. The van der Waals surface area contributed by atoms with Crippen molar-refractivity contribution >= 4 is 17.8 Å². The Morgan fingerprint density at radius 3 is 2.32 bits per heavy atom. The lowest BCUT2D eigenvalue weighted by molar-refractivity contribution is -0.147. The molecule has 0 bridgehead atoms. The van der Waals surface area contributed by atoms with Gasteiger partial charge in [-0.2, -0.15) is 0 Å². The van der Waals surface area contributed by atoms with Crippen molar-refractivity contribution in [2.45, 2.75) is 18.9 Å². The van der Waals surface area contributed by atoms with E-state index >= 15 is 0 Å². The van der Waals surface area contributed by atoms with Gasteiger partial charge in [-0.25, -0.2) is 4.79 Å². The standard InChI is InChI=1S/C12H13NO6/c14-9-4-2-1-3-7(9)5-10(15)13-8(12(18)19)6-11(16)17/h1-4,8,14H,5-6H2,(H,13,15)(H,16,17)(H,18,19)/t8-/m1/s1. The molecule has 0 aromatic heterocycles. The van der Waals surface area contributed by atoms with Crippen LogP contribution >= 0.6 is 0 Å². The summed E-state index contributed by atoms with van der Waals surface area (Å²) in [6.07, 6.45) is -0.933. The Labute approximate surface area is 108 Å². The normalized spacial score (nSPS) is 11.6. The number of benzene rings is 1.